The number of rotatable bonds is 9. The lowest BCUT2D eigenvalue weighted by Gasteiger charge is -2.40. The lowest BCUT2D eigenvalue weighted by atomic mass is 9.89. The van der Waals surface area contributed by atoms with E-state index in [0.29, 0.717) is 31.0 Å². The fourth-order valence-corrected chi connectivity index (χ4v) is 6.20. The number of carbonyl (C=O) groups excluding carboxylic acids is 2. The molecule has 39 heavy (non-hydrogen) atoms. The van der Waals surface area contributed by atoms with Crippen LogP contribution in [0.5, 0.6) is 0 Å². The first-order chi connectivity index (χ1) is 18.2. The molecule has 1 saturated carbocycles. The number of hydrogen-bond acceptors (Lipinski definition) is 5. The zero-order chi connectivity index (χ0) is 29.0. The van der Waals surface area contributed by atoms with Crippen molar-refractivity contribution < 1.29 is 31.2 Å². The van der Waals surface area contributed by atoms with Gasteiger partial charge in [0, 0.05) is 23.7 Å². The molecule has 1 aliphatic rings. The van der Waals surface area contributed by atoms with E-state index in [0.717, 1.165) is 30.5 Å². The molecule has 214 valence electrons. The number of amides is 2. The summed E-state index contributed by atoms with van der Waals surface area (Å²) in [5.41, 5.74) is -0.323. The summed E-state index contributed by atoms with van der Waals surface area (Å²) >= 11 is 0. The Morgan fingerprint density at radius 3 is 2.15 bits per heavy atom. The molecule has 2 aromatic rings. The molecule has 0 spiro atoms. The van der Waals surface area contributed by atoms with Gasteiger partial charge in [-0.2, -0.15) is 13.2 Å². The van der Waals surface area contributed by atoms with E-state index in [2.05, 4.69) is 24.1 Å². The molecule has 1 aliphatic carbocycles. The largest absolute Gasteiger partial charge is 0.416 e. The van der Waals surface area contributed by atoms with Crippen LogP contribution in [0.15, 0.2) is 53.4 Å². The molecule has 1 N–H and O–H groups in total. The van der Waals surface area contributed by atoms with Gasteiger partial charge >= 0.3 is 6.18 Å². The van der Waals surface area contributed by atoms with Gasteiger partial charge in [-0.1, -0.05) is 23.8 Å². The van der Waals surface area contributed by atoms with E-state index < -0.39 is 45.8 Å². The molecule has 3 rings (SSSR count). The van der Waals surface area contributed by atoms with Gasteiger partial charge in [0.1, 0.15) is 5.88 Å². The maximum absolute atomic E-state index is 13.3. The van der Waals surface area contributed by atoms with E-state index in [1.807, 2.05) is 14.0 Å². The van der Waals surface area contributed by atoms with Gasteiger partial charge in [0.05, 0.1) is 17.0 Å². The minimum atomic E-state index is -4.62. The Morgan fingerprint density at radius 2 is 1.59 bits per heavy atom. The zero-order valence-corrected chi connectivity index (χ0v) is 23.5. The first-order valence-corrected chi connectivity index (χ1v) is 14.6. The number of hydrogen-bond donors (Lipinski definition) is 1. The molecule has 0 atom stereocenters. The molecule has 0 heterocycles. The predicted octanol–water partition coefficient (Wildman–Crippen LogP) is 4.66. The van der Waals surface area contributed by atoms with E-state index in [-0.39, 0.29) is 16.5 Å². The highest BCUT2D eigenvalue weighted by atomic mass is 32.2. The molecule has 2 amide bonds. The van der Waals surface area contributed by atoms with Crippen LogP contribution in [0.1, 0.15) is 61.0 Å². The Hall–Kier alpha value is -2.92. The molecule has 2 aromatic carbocycles. The highest BCUT2D eigenvalue weighted by molar-refractivity contribution is 7.91. The van der Waals surface area contributed by atoms with Crippen molar-refractivity contribution in [2.24, 2.45) is 0 Å². The maximum atomic E-state index is 13.3. The number of aryl methyl sites for hydroxylation is 1. The third-order valence-electron chi connectivity index (χ3n) is 7.36. The zero-order valence-electron chi connectivity index (χ0n) is 22.7. The van der Waals surface area contributed by atoms with Crippen molar-refractivity contribution in [3.8, 4) is 0 Å². The number of nitrogens with zero attached hydrogens (tertiary/aromatic N) is 2. The van der Waals surface area contributed by atoms with E-state index >= 15 is 0 Å². The quantitative estimate of drug-likeness (QED) is 0.477. The van der Waals surface area contributed by atoms with Gasteiger partial charge in [-0.3, -0.25) is 9.59 Å². The van der Waals surface area contributed by atoms with Crippen LogP contribution in [-0.4, -0.2) is 67.6 Å². The normalized spacial score (nSPS) is 18.3. The first-order valence-electron chi connectivity index (χ1n) is 13.0. The molecule has 0 radical (unpaired) electrons. The summed E-state index contributed by atoms with van der Waals surface area (Å²) in [5.74, 6) is -2.01. The van der Waals surface area contributed by atoms with Gasteiger partial charge in [-0.25, -0.2) is 8.42 Å². The van der Waals surface area contributed by atoms with Gasteiger partial charge in [0.2, 0.25) is 5.91 Å². The minimum absolute atomic E-state index is 0.0899. The van der Waals surface area contributed by atoms with Crippen molar-refractivity contribution in [2.75, 3.05) is 19.5 Å². The average molecular weight is 568 g/mol. The Bertz CT molecular complexity index is 1260. The lowest BCUT2D eigenvalue weighted by molar-refractivity contribution is -0.137. The monoisotopic (exact) mass is 567 g/mol. The summed E-state index contributed by atoms with van der Waals surface area (Å²) in [6, 6.07) is 10.6. The summed E-state index contributed by atoms with van der Waals surface area (Å²) in [7, 11) is -1.82. The highest BCUT2D eigenvalue weighted by Gasteiger charge is 2.34. The van der Waals surface area contributed by atoms with Crippen LogP contribution in [0.2, 0.25) is 0 Å². The van der Waals surface area contributed by atoms with E-state index in [4.69, 9.17) is 0 Å². The molecular weight excluding hydrogens is 531 g/mol. The second kappa shape index (κ2) is 12.5. The number of halogens is 3. The molecule has 0 aromatic heterocycles. The summed E-state index contributed by atoms with van der Waals surface area (Å²) in [5, 5.41) is 2.37. The Morgan fingerprint density at radius 1 is 1.00 bits per heavy atom. The van der Waals surface area contributed by atoms with Crippen LogP contribution in [-0.2, 0) is 20.8 Å². The maximum Gasteiger partial charge on any atom is 0.416 e. The molecule has 11 heteroatoms. The Balaban J connectivity index is 1.77. The second-order valence-corrected chi connectivity index (χ2v) is 12.4. The van der Waals surface area contributed by atoms with Gasteiger partial charge in [-0.05, 0) is 83.8 Å². The van der Waals surface area contributed by atoms with Crippen molar-refractivity contribution in [3.05, 3.63) is 65.2 Å². The second-order valence-electron chi connectivity index (χ2n) is 10.4. The Labute approximate surface area is 228 Å². The smallest absolute Gasteiger partial charge is 0.343 e. The van der Waals surface area contributed by atoms with Gasteiger partial charge in [0.15, 0.2) is 9.84 Å². The molecule has 7 nitrogen and oxygen atoms in total. The summed E-state index contributed by atoms with van der Waals surface area (Å²) in [4.78, 5) is 29.6. The number of sulfone groups is 1. The standard InChI is InChI=1S/C28H36F3N3O4S/c1-19(2)33(4)23-10-12-24(13-11-23)34(18-39(37,38)25-14-8-20(3)9-15-25)26(35)17-32-27(36)21-6-5-7-22(16-21)28(29,30)31/h5-9,14-16,19,23-24H,10-13,17-18H2,1-4H3,(H,32,36). The van der Waals surface area contributed by atoms with E-state index in [9.17, 15) is 31.2 Å². The summed E-state index contributed by atoms with van der Waals surface area (Å²) in [6.07, 6.45) is -1.86. The van der Waals surface area contributed by atoms with Crippen LogP contribution >= 0.6 is 0 Å². The van der Waals surface area contributed by atoms with Crippen LogP contribution < -0.4 is 5.32 Å². The van der Waals surface area contributed by atoms with Crippen molar-refractivity contribution in [2.45, 2.75) is 75.7 Å². The molecule has 0 aliphatic heterocycles. The molecule has 1 fully saturated rings. The molecule has 0 saturated heterocycles. The van der Waals surface area contributed by atoms with Crippen molar-refractivity contribution in [1.82, 2.24) is 15.1 Å². The topological polar surface area (TPSA) is 86.8 Å². The van der Waals surface area contributed by atoms with Crippen LogP contribution in [0.25, 0.3) is 0 Å². The average Bonchev–Trinajstić information content (AvgIpc) is 2.89. The predicted molar refractivity (Wildman–Crippen MR) is 143 cm³/mol. The van der Waals surface area contributed by atoms with Crippen molar-refractivity contribution in [3.63, 3.8) is 0 Å². The lowest BCUT2D eigenvalue weighted by Crippen LogP contribution is -2.50. The number of carbonyl (C=O) groups is 2. The Kier molecular flexibility index (Phi) is 9.82. The first kappa shape index (κ1) is 30.6. The van der Waals surface area contributed by atoms with Gasteiger partial charge in [-0.15, -0.1) is 0 Å². The summed E-state index contributed by atoms with van der Waals surface area (Å²) < 4.78 is 65.7. The molecular formula is C28H36F3N3O4S. The van der Waals surface area contributed by atoms with E-state index in [1.165, 1.54) is 23.1 Å². The number of benzene rings is 2. The number of alkyl halides is 3. The van der Waals surface area contributed by atoms with Crippen molar-refractivity contribution in [1.29, 1.82) is 0 Å². The molecule has 0 unspecified atom stereocenters. The fourth-order valence-electron chi connectivity index (χ4n) is 4.78. The van der Waals surface area contributed by atoms with Crippen LogP contribution in [0.4, 0.5) is 13.2 Å². The van der Waals surface area contributed by atoms with E-state index in [1.54, 1.807) is 12.1 Å². The van der Waals surface area contributed by atoms with Crippen LogP contribution in [0.3, 0.4) is 0 Å². The third kappa shape index (κ3) is 8.04. The van der Waals surface area contributed by atoms with Gasteiger partial charge < -0.3 is 15.1 Å². The minimum Gasteiger partial charge on any atom is -0.343 e. The fraction of sp³-hybridized carbons (Fsp3) is 0.500. The molecule has 0 bridgehead atoms. The van der Waals surface area contributed by atoms with Crippen molar-refractivity contribution >= 4 is 21.7 Å². The highest BCUT2D eigenvalue weighted by Crippen LogP contribution is 2.30. The third-order valence-corrected chi connectivity index (χ3v) is 8.97. The number of nitrogens with one attached hydrogen (secondary N) is 1. The SMILES string of the molecule is Cc1ccc(S(=O)(=O)CN(C(=O)CNC(=O)c2cccc(C(F)(F)F)c2)C2CCC(N(C)C(C)C)CC2)cc1. The van der Waals surface area contributed by atoms with Gasteiger partial charge in [0.25, 0.3) is 5.91 Å². The van der Waals surface area contributed by atoms with Crippen LogP contribution in [0, 0.1) is 6.92 Å². The summed E-state index contributed by atoms with van der Waals surface area (Å²) in [6.45, 7) is 5.50.